The fourth-order valence-electron chi connectivity index (χ4n) is 1.46. The summed E-state index contributed by atoms with van der Waals surface area (Å²) < 4.78 is 13.0. The zero-order valence-electron chi connectivity index (χ0n) is 9.93. The number of hydrogen-bond acceptors (Lipinski definition) is 1. The third-order valence-electron chi connectivity index (χ3n) is 2.69. The summed E-state index contributed by atoms with van der Waals surface area (Å²) in [5.41, 5.74) is 0.602. The molecule has 0 saturated heterocycles. The Morgan fingerprint density at radius 1 is 1.38 bits per heavy atom. The maximum atomic E-state index is 13.0. The van der Waals surface area contributed by atoms with Gasteiger partial charge < -0.3 is 5.11 Å². The second-order valence-corrected chi connectivity index (χ2v) is 5.56. The van der Waals surface area contributed by atoms with Crippen molar-refractivity contribution in [3.05, 3.63) is 34.6 Å². The van der Waals surface area contributed by atoms with Crippen LogP contribution in [0.4, 0.5) is 4.39 Å². The molecular weight excluding hydrogens is 227 g/mol. The van der Waals surface area contributed by atoms with Crippen LogP contribution in [0.2, 0.25) is 5.02 Å². The van der Waals surface area contributed by atoms with Crippen LogP contribution in [-0.2, 0) is 6.42 Å². The van der Waals surface area contributed by atoms with E-state index in [1.807, 2.05) is 20.8 Å². The van der Waals surface area contributed by atoms with Crippen molar-refractivity contribution < 1.29 is 9.50 Å². The Bertz CT molecular complexity index is 357. The number of rotatable bonds is 3. The molecule has 1 unspecified atom stereocenters. The number of aryl methyl sites for hydroxylation is 1. The molecule has 0 aliphatic rings. The molecule has 1 aromatic carbocycles. The van der Waals surface area contributed by atoms with Gasteiger partial charge in [0.05, 0.1) is 6.10 Å². The average molecular weight is 245 g/mol. The van der Waals surface area contributed by atoms with E-state index in [2.05, 4.69) is 0 Å². The van der Waals surface area contributed by atoms with Crippen LogP contribution in [0, 0.1) is 11.2 Å². The van der Waals surface area contributed by atoms with Gasteiger partial charge in [0, 0.05) is 5.02 Å². The number of halogens is 2. The smallest absolute Gasteiger partial charge is 0.123 e. The molecule has 1 nitrogen and oxygen atoms in total. The summed E-state index contributed by atoms with van der Waals surface area (Å²) in [5, 5.41) is 10.4. The molecule has 0 heterocycles. The molecule has 1 rings (SSSR count). The Morgan fingerprint density at radius 2 is 2.00 bits per heavy atom. The van der Waals surface area contributed by atoms with Gasteiger partial charge in [0.2, 0.25) is 0 Å². The molecule has 1 N–H and O–H groups in total. The molecular formula is C13H18ClFO. The van der Waals surface area contributed by atoms with Crippen molar-refractivity contribution in [3.8, 4) is 0 Å². The minimum atomic E-state index is -0.410. The molecule has 1 atom stereocenters. The van der Waals surface area contributed by atoms with E-state index in [0.717, 1.165) is 5.56 Å². The standard InChI is InChI=1S/C13H18ClFO/c1-13(2,3)12(16)7-4-9-8-10(15)5-6-11(9)14/h5-6,8,12,16H,4,7H2,1-3H3. The molecule has 0 aliphatic carbocycles. The average Bonchev–Trinajstić information content (AvgIpc) is 2.17. The Balaban J connectivity index is 2.64. The highest BCUT2D eigenvalue weighted by molar-refractivity contribution is 6.31. The van der Waals surface area contributed by atoms with Crippen LogP contribution < -0.4 is 0 Å². The highest BCUT2D eigenvalue weighted by Crippen LogP contribution is 2.25. The van der Waals surface area contributed by atoms with E-state index < -0.39 is 6.10 Å². The first-order valence-electron chi connectivity index (χ1n) is 5.42. The van der Waals surface area contributed by atoms with E-state index in [4.69, 9.17) is 11.6 Å². The SMILES string of the molecule is CC(C)(C)C(O)CCc1cc(F)ccc1Cl. The highest BCUT2D eigenvalue weighted by atomic mass is 35.5. The summed E-state index contributed by atoms with van der Waals surface area (Å²) in [6.45, 7) is 5.93. The monoisotopic (exact) mass is 244 g/mol. The molecule has 0 bridgehead atoms. The summed E-state index contributed by atoms with van der Waals surface area (Å²) in [4.78, 5) is 0. The first-order chi connectivity index (χ1) is 7.30. The Hall–Kier alpha value is -0.600. The zero-order chi connectivity index (χ0) is 12.3. The van der Waals surface area contributed by atoms with E-state index in [1.165, 1.54) is 12.1 Å². The van der Waals surface area contributed by atoms with Crippen molar-refractivity contribution in [1.29, 1.82) is 0 Å². The molecule has 90 valence electrons. The molecule has 3 heteroatoms. The summed E-state index contributed by atoms with van der Waals surface area (Å²) in [6.07, 6.45) is 0.772. The van der Waals surface area contributed by atoms with E-state index in [-0.39, 0.29) is 11.2 Å². The van der Waals surface area contributed by atoms with Crippen molar-refractivity contribution in [1.82, 2.24) is 0 Å². The zero-order valence-corrected chi connectivity index (χ0v) is 10.7. The summed E-state index contributed by atoms with van der Waals surface area (Å²) in [6, 6.07) is 4.32. The van der Waals surface area contributed by atoms with Crippen molar-refractivity contribution in [2.75, 3.05) is 0 Å². The van der Waals surface area contributed by atoms with Gasteiger partial charge in [0.25, 0.3) is 0 Å². The number of benzene rings is 1. The van der Waals surface area contributed by atoms with Crippen LogP contribution >= 0.6 is 11.6 Å². The summed E-state index contributed by atoms with van der Waals surface area (Å²) in [7, 11) is 0. The van der Waals surface area contributed by atoms with Gasteiger partial charge in [-0.05, 0) is 42.0 Å². The minimum absolute atomic E-state index is 0.153. The van der Waals surface area contributed by atoms with Crippen LogP contribution in [0.1, 0.15) is 32.8 Å². The van der Waals surface area contributed by atoms with Gasteiger partial charge in [0.1, 0.15) is 5.82 Å². The molecule has 0 aliphatic heterocycles. The maximum Gasteiger partial charge on any atom is 0.123 e. The highest BCUT2D eigenvalue weighted by Gasteiger charge is 2.21. The lowest BCUT2D eigenvalue weighted by molar-refractivity contribution is 0.0560. The van der Waals surface area contributed by atoms with Crippen molar-refractivity contribution in [2.24, 2.45) is 5.41 Å². The number of hydrogen-bond donors (Lipinski definition) is 1. The first kappa shape index (κ1) is 13.5. The van der Waals surface area contributed by atoms with Gasteiger partial charge in [-0.2, -0.15) is 0 Å². The van der Waals surface area contributed by atoms with Gasteiger partial charge >= 0.3 is 0 Å². The lowest BCUT2D eigenvalue weighted by Crippen LogP contribution is -2.26. The van der Waals surface area contributed by atoms with Crippen molar-refractivity contribution in [3.63, 3.8) is 0 Å². The lowest BCUT2D eigenvalue weighted by Gasteiger charge is -2.25. The van der Waals surface area contributed by atoms with Crippen LogP contribution in [0.3, 0.4) is 0 Å². The minimum Gasteiger partial charge on any atom is -0.393 e. The molecule has 0 saturated carbocycles. The quantitative estimate of drug-likeness (QED) is 0.857. The third kappa shape index (κ3) is 3.76. The molecule has 0 spiro atoms. The number of aliphatic hydroxyl groups is 1. The molecule has 0 aromatic heterocycles. The van der Waals surface area contributed by atoms with Gasteiger partial charge in [0.15, 0.2) is 0 Å². The lowest BCUT2D eigenvalue weighted by atomic mass is 9.86. The summed E-state index contributed by atoms with van der Waals surface area (Å²) in [5.74, 6) is -0.287. The van der Waals surface area contributed by atoms with E-state index in [0.29, 0.717) is 17.9 Å². The van der Waals surface area contributed by atoms with Gasteiger partial charge in [-0.15, -0.1) is 0 Å². The summed E-state index contributed by atoms with van der Waals surface area (Å²) >= 11 is 5.95. The van der Waals surface area contributed by atoms with Crippen molar-refractivity contribution >= 4 is 11.6 Å². The van der Waals surface area contributed by atoms with Gasteiger partial charge in [-0.25, -0.2) is 4.39 Å². The topological polar surface area (TPSA) is 20.2 Å². The molecule has 0 amide bonds. The Labute approximate surface area is 101 Å². The van der Waals surface area contributed by atoms with Gasteiger partial charge in [-0.3, -0.25) is 0 Å². The van der Waals surface area contributed by atoms with Crippen LogP contribution in [-0.4, -0.2) is 11.2 Å². The second-order valence-electron chi connectivity index (χ2n) is 5.16. The second kappa shape index (κ2) is 5.15. The van der Waals surface area contributed by atoms with E-state index >= 15 is 0 Å². The fourth-order valence-corrected chi connectivity index (χ4v) is 1.67. The normalized spacial score (nSPS) is 13.9. The largest absolute Gasteiger partial charge is 0.393 e. The van der Waals surface area contributed by atoms with E-state index in [9.17, 15) is 9.50 Å². The van der Waals surface area contributed by atoms with Gasteiger partial charge in [-0.1, -0.05) is 32.4 Å². The van der Waals surface area contributed by atoms with Crippen LogP contribution in [0.5, 0.6) is 0 Å². The molecule has 16 heavy (non-hydrogen) atoms. The van der Waals surface area contributed by atoms with Crippen LogP contribution in [0.15, 0.2) is 18.2 Å². The predicted molar refractivity (Wildman–Crippen MR) is 65.2 cm³/mol. The van der Waals surface area contributed by atoms with Crippen molar-refractivity contribution in [2.45, 2.75) is 39.7 Å². The molecule has 0 fully saturated rings. The number of aliphatic hydroxyl groups excluding tert-OH is 1. The molecule has 0 radical (unpaired) electrons. The first-order valence-corrected chi connectivity index (χ1v) is 5.80. The fraction of sp³-hybridized carbons (Fsp3) is 0.538. The molecule has 1 aromatic rings. The third-order valence-corrected chi connectivity index (χ3v) is 3.06. The maximum absolute atomic E-state index is 13.0. The van der Waals surface area contributed by atoms with Crippen LogP contribution in [0.25, 0.3) is 0 Å². The Kier molecular flexibility index (Phi) is 4.34. The Morgan fingerprint density at radius 3 is 2.56 bits per heavy atom. The van der Waals surface area contributed by atoms with E-state index in [1.54, 1.807) is 6.07 Å². The predicted octanol–water partition coefficient (Wildman–Crippen LogP) is 3.82.